The summed E-state index contributed by atoms with van der Waals surface area (Å²) in [6.07, 6.45) is 3.86. The minimum absolute atomic E-state index is 0.413. The number of nitrogens with two attached hydrogens (primary N) is 1. The number of imidazole rings is 1. The molecule has 1 aliphatic rings. The number of nitrogens with zero attached hydrogens (tertiary/aromatic N) is 3. The first-order chi connectivity index (χ1) is 9.16. The van der Waals surface area contributed by atoms with Gasteiger partial charge in [-0.1, -0.05) is 18.3 Å². The van der Waals surface area contributed by atoms with Gasteiger partial charge in [0.1, 0.15) is 10.8 Å². The van der Waals surface area contributed by atoms with Gasteiger partial charge in [0.05, 0.1) is 6.54 Å². The summed E-state index contributed by atoms with van der Waals surface area (Å²) in [6.45, 7) is 2.63. The lowest BCUT2D eigenvalue weighted by Gasteiger charge is -2.31. The molecule has 0 aliphatic carbocycles. The maximum Gasteiger partial charge on any atom is 0.128 e. The lowest BCUT2D eigenvalue weighted by molar-refractivity contribution is 0.560. The Balaban J connectivity index is 2.00. The maximum absolute atomic E-state index is 5.85. The second-order valence-electron chi connectivity index (χ2n) is 4.46. The highest BCUT2D eigenvalue weighted by atomic mass is 79.9. The number of anilines is 1. The summed E-state index contributed by atoms with van der Waals surface area (Å²) >= 11 is 8.69. The van der Waals surface area contributed by atoms with E-state index < -0.39 is 0 Å². The predicted octanol–water partition coefficient (Wildman–Crippen LogP) is 2.30. The molecule has 4 nitrogen and oxygen atoms in total. The fourth-order valence-corrected chi connectivity index (χ4v) is 3.31. The van der Waals surface area contributed by atoms with E-state index in [2.05, 4.69) is 36.4 Å². The average Bonchev–Trinajstić information content (AvgIpc) is 2.85. The topological polar surface area (TPSA) is 47.1 Å². The predicted molar refractivity (Wildman–Crippen MR) is 83.3 cm³/mol. The molecule has 1 aliphatic heterocycles. The Morgan fingerprint density at radius 3 is 3.00 bits per heavy atom. The number of fused-ring (bicyclic) bond motifs is 1. The fraction of sp³-hybridized carbons (Fsp3) is 0.231. The molecule has 0 spiro atoms. The molecule has 1 aromatic heterocycles. The fourth-order valence-electron chi connectivity index (χ4n) is 2.40. The Morgan fingerprint density at radius 1 is 1.37 bits per heavy atom. The van der Waals surface area contributed by atoms with Crippen molar-refractivity contribution in [2.45, 2.75) is 13.1 Å². The molecule has 19 heavy (non-hydrogen) atoms. The quantitative estimate of drug-likeness (QED) is 0.855. The molecule has 0 amide bonds. The van der Waals surface area contributed by atoms with E-state index in [0.717, 1.165) is 41.2 Å². The second-order valence-corrected chi connectivity index (χ2v) is 5.75. The first-order valence-electron chi connectivity index (χ1n) is 6.00. The van der Waals surface area contributed by atoms with Gasteiger partial charge in [0, 0.05) is 41.2 Å². The molecule has 3 rings (SSSR count). The molecule has 0 atom stereocenters. The van der Waals surface area contributed by atoms with Crippen LogP contribution in [-0.2, 0) is 13.1 Å². The monoisotopic (exact) mass is 336 g/mol. The Labute approximate surface area is 125 Å². The number of aromatic nitrogens is 2. The SMILES string of the molecule is NC(=S)c1c(Br)cccc1N1CCn2ccnc2C1. The maximum atomic E-state index is 5.85. The Morgan fingerprint density at radius 2 is 2.21 bits per heavy atom. The van der Waals surface area contributed by atoms with Crippen LogP contribution in [-0.4, -0.2) is 21.1 Å². The van der Waals surface area contributed by atoms with Crippen molar-refractivity contribution >= 4 is 38.8 Å². The summed E-state index contributed by atoms with van der Waals surface area (Å²) in [5.74, 6) is 1.07. The van der Waals surface area contributed by atoms with Gasteiger partial charge in [0.25, 0.3) is 0 Å². The van der Waals surface area contributed by atoms with Crippen molar-refractivity contribution in [1.29, 1.82) is 0 Å². The van der Waals surface area contributed by atoms with Gasteiger partial charge in [0.15, 0.2) is 0 Å². The first-order valence-corrected chi connectivity index (χ1v) is 7.20. The summed E-state index contributed by atoms with van der Waals surface area (Å²) in [7, 11) is 0. The zero-order chi connectivity index (χ0) is 13.4. The summed E-state index contributed by atoms with van der Waals surface area (Å²) in [4.78, 5) is 7.05. The van der Waals surface area contributed by atoms with E-state index >= 15 is 0 Å². The lowest BCUT2D eigenvalue weighted by atomic mass is 10.1. The number of hydrogen-bond donors (Lipinski definition) is 1. The lowest BCUT2D eigenvalue weighted by Crippen LogP contribution is -2.35. The van der Waals surface area contributed by atoms with E-state index in [-0.39, 0.29) is 0 Å². The van der Waals surface area contributed by atoms with Crippen molar-refractivity contribution in [3.05, 3.63) is 46.5 Å². The van der Waals surface area contributed by atoms with Crippen molar-refractivity contribution in [3.8, 4) is 0 Å². The van der Waals surface area contributed by atoms with Crippen LogP contribution >= 0.6 is 28.1 Å². The van der Waals surface area contributed by atoms with Crippen LogP contribution < -0.4 is 10.6 Å². The molecular formula is C13H13BrN4S. The summed E-state index contributed by atoms with van der Waals surface area (Å²) in [5, 5.41) is 0. The summed E-state index contributed by atoms with van der Waals surface area (Å²) in [6, 6.07) is 6.02. The van der Waals surface area contributed by atoms with E-state index in [0.29, 0.717) is 4.99 Å². The zero-order valence-corrected chi connectivity index (χ0v) is 12.6. The van der Waals surface area contributed by atoms with E-state index in [4.69, 9.17) is 18.0 Å². The highest BCUT2D eigenvalue weighted by molar-refractivity contribution is 9.10. The van der Waals surface area contributed by atoms with Crippen molar-refractivity contribution in [2.24, 2.45) is 5.73 Å². The molecule has 2 N–H and O–H groups in total. The van der Waals surface area contributed by atoms with Crippen molar-refractivity contribution in [2.75, 3.05) is 11.4 Å². The molecule has 0 unspecified atom stereocenters. The highest BCUT2D eigenvalue weighted by Gasteiger charge is 2.20. The van der Waals surface area contributed by atoms with Crippen molar-refractivity contribution < 1.29 is 0 Å². The largest absolute Gasteiger partial charge is 0.389 e. The highest BCUT2D eigenvalue weighted by Crippen LogP contribution is 2.30. The first kappa shape index (κ1) is 12.6. The summed E-state index contributed by atoms with van der Waals surface area (Å²) in [5.41, 5.74) is 7.82. The van der Waals surface area contributed by atoms with Gasteiger partial charge in [-0.3, -0.25) is 0 Å². The Kier molecular flexibility index (Phi) is 3.28. The molecule has 0 saturated heterocycles. The second kappa shape index (κ2) is 4.94. The van der Waals surface area contributed by atoms with Crippen LogP contribution in [0.2, 0.25) is 0 Å². The van der Waals surface area contributed by atoms with Gasteiger partial charge in [-0.2, -0.15) is 0 Å². The third-order valence-electron chi connectivity index (χ3n) is 3.32. The molecule has 2 heterocycles. The van der Waals surface area contributed by atoms with Crippen LogP contribution in [0.3, 0.4) is 0 Å². The normalized spacial score (nSPS) is 14.3. The zero-order valence-electron chi connectivity index (χ0n) is 10.2. The Hall–Kier alpha value is -1.40. The number of benzene rings is 1. The molecule has 98 valence electrons. The van der Waals surface area contributed by atoms with Crippen LogP contribution in [0.1, 0.15) is 11.4 Å². The van der Waals surface area contributed by atoms with Crippen LogP contribution in [0.4, 0.5) is 5.69 Å². The molecule has 2 aromatic rings. The van der Waals surface area contributed by atoms with E-state index in [1.54, 1.807) is 0 Å². The van der Waals surface area contributed by atoms with Crippen molar-refractivity contribution in [3.63, 3.8) is 0 Å². The van der Waals surface area contributed by atoms with Gasteiger partial charge in [-0.05, 0) is 28.1 Å². The Bertz CT molecular complexity index is 637. The number of hydrogen-bond acceptors (Lipinski definition) is 3. The molecule has 1 aromatic carbocycles. The van der Waals surface area contributed by atoms with Gasteiger partial charge in [-0.15, -0.1) is 0 Å². The molecule has 0 saturated carbocycles. The minimum atomic E-state index is 0.413. The molecule has 0 fully saturated rings. The molecule has 0 radical (unpaired) electrons. The van der Waals surface area contributed by atoms with Crippen LogP contribution in [0.25, 0.3) is 0 Å². The van der Waals surface area contributed by atoms with Gasteiger partial charge in [0.2, 0.25) is 0 Å². The van der Waals surface area contributed by atoms with Gasteiger partial charge >= 0.3 is 0 Å². The number of rotatable bonds is 2. The van der Waals surface area contributed by atoms with Crippen molar-refractivity contribution in [1.82, 2.24) is 9.55 Å². The number of thiocarbonyl (C=S) groups is 1. The van der Waals surface area contributed by atoms with Crippen LogP contribution in [0, 0.1) is 0 Å². The third kappa shape index (κ3) is 2.26. The molecule has 0 bridgehead atoms. The summed E-state index contributed by atoms with van der Waals surface area (Å²) < 4.78 is 3.11. The van der Waals surface area contributed by atoms with Crippen LogP contribution in [0.5, 0.6) is 0 Å². The van der Waals surface area contributed by atoms with E-state index in [1.165, 1.54) is 0 Å². The van der Waals surface area contributed by atoms with Gasteiger partial charge in [-0.25, -0.2) is 4.98 Å². The average molecular weight is 337 g/mol. The molecular weight excluding hydrogens is 324 g/mol. The van der Waals surface area contributed by atoms with E-state index in [9.17, 15) is 0 Å². The minimum Gasteiger partial charge on any atom is -0.389 e. The third-order valence-corrected chi connectivity index (χ3v) is 4.19. The smallest absolute Gasteiger partial charge is 0.128 e. The van der Waals surface area contributed by atoms with E-state index in [1.807, 2.05) is 24.5 Å². The molecule has 6 heteroatoms. The van der Waals surface area contributed by atoms with Gasteiger partial charge < -0.3 is 15.2 Å². The number of halogens is 1. The standard InChI is InChI=1S/C13H13BrN4S/c14-9-2-1-3-10(12(9)13(15)19)18-7-6-17-5-4-16-11(17)8-18/h1-5H,6-8H2,(H2,15,19). The van der Waals surface area contributed by atoms with Crippen LogP contribution in [0.15, 0.2) is 35.1 Å².